The Morgan fingerprint density at radius 2 is 1.64 bits per heavy atom. The molecule has 2 fully saturated rings. The van der Waals surface area contributed by atoms with Crippen molar-refractivity contribution in [3.63, 3.8) is 0 Å². The maximum absolute atomic E-state index is 6.60. The van der Waals surface area contributed by atoms with Crippen molar-refractivity contribution in [2.45, 2.75) is 63.4 Å². The van der Waals surface area contributed by atoms with Crippen LogP contribution in [0.2, 0.25) is 0 Å². The molecule has 1 N–H and O–H groups in total. The quantitative estimate of drug-likeness (QED) is 0.232. The van der Waals surface area contributed by atoms with Crippen LogP contribution >= 0.6 is 0 Å². The Morgan fingerprint density at radius 3 is 2.41 bits per heavy atom. The van der Waals surface area contributed by atoms with E-state index in [1.807, 2.05) is 25.3 Å². The van der Waals surface area contributed by atoms with Crippen LogP contribution in [-0.2, 0) is 27.4 Å². The third-order valence-corrected chi connectivity index (χ3v) is 8.19. The highest BCUT2D eigenvalue weighted by molar-refractivity contribution is 5.32. The molecule has 1 aliphatic heterocycles. The van der Waals surface area contributed by atoms with Crippen molar-refractivity contribution >= 4 is 0 Å². The van der Waals surface area contributed by atoms with Crippen molar-refractivity contribution in [1.29, 1.82) is 0 Å². The van der Waals surface area contributed by atoms with Gasteiger partial charge in [-0.25, -0.2) is 0 Å². The lowest BCUT2D eigenvalue weighted by Gasteiger charge is -2.35. The van der Waals surface area contributed by atoms with Crippen LogP contribution in [0.5, 0.6) is 5.75 Å². The molecule has 0 spiro atoms. The van der Waals surface area contributed by atoms with E-state index in [1.165, 1.54) is 41.5 Å². The van der Waals surface area contributed by atoms with Crippen molar-refractivity contribution < 1.29 is 18.9 Å². The lowest BCUT2D eigenvalue weighted by molar-refractivity contribution is 0.00122. The van der Waals surface area contributed by atoms with Crippen molar-refractivity contribution in [2.75, 3.05) is 33.4 Å². The molecule has 5 heteroatoms. The first kappa shape index (κ1) is 27.9. The predicted molar refractivity (Wildman–Crippen MR) is 155 cm³/mol. The molecule has 0 radical (unpaired) electrons. The van der Waals surface area contributed by atoms with Gasteiger partial charge >= 0.3 is 0 Å². The predicted octanol–water partition coefficient (Wildman–Crippen LogP) is 6.82. The van der Waals surface area contributed by atoms with Crippen LogP contribution in [0, 0.1) is 5.92 Å². The Labute approximate surface area is 233 Å². The van der Waals surface area contributed by atoms with E-state index in [4.69, 9.17) is 18.9 Å². The van der Waals surface area contributed by atoms with Crippen LogP contribution in [0.15, 0.2) is 78.9 Å². The molecule has 5 rings (SSSR count). The molecule has 3 unspecified atom stereocenters. The van der Waals surface area contributed by atoms with Gasteiger partial charge in [-0.15, -0.1) is 0 Å². The summed E-state index contributed by atoms with van der Waals surface area (Å²) in [5, 5.41) is 3.54. The largest absolute Gasteiger partial charge is 0.494 e. The fourth-order valence-electron chi connectivity index (χ4n) is 5.77. The van der Waals surface area contributed by atoms with Gasteiger partial charge in [0.15, 0.2) is 0 Å². The number of ether oxygens (including phenoxy) is 4. The minimum atomic E-state index is 0.130. The maximum atomic E-state index is 6.60. The van der Waals surface area contributed by atoms with E-state index in [9.17, 15) is 0 Å². The van der Waals surface area contributed by atoms with Gasteiger partial charge in [0.25, 0.3) is 0 Å². The molecule has 208 valence electrons. The lowest BCUT2D eigenvalue weighted by atomic mass is 9.78. The lowest BCUT2D eigenvalue weighted by Crippen LogP contribution is -2.41. The normalized spacial score (nSPS) is 20.3. The number of piperidine rings is 1. The zero-order valence-corrected chi connectivity index (χ0v) is 23.2. The number of nitrogens with one attached hydrogen (secondary N) is 1. The minimum Gasteiger partial charge on any atom is -0.494 e. The molecule has 1 saturated heterocycles. The van der Waals surface area contributed by atoms with Gasteiger partial charge in [0, 0.05) is 26.0 Å². The second-order valence-electron chi connectivity index (χ2n) is 10.8. The molecule has 3 aromatic carbocycles. The molecule has 3 atom stereocenters. The van der Waals surface area contributed by atoms with Gasteiger partial charge in [0.2, 0.25) is 0 Å². The number of rotatable bonds is 14. The van der Waals surface area contributed by atoms with Crippen LogP contribution in [0.25, 0.3) is 0 Å². The second kappa shape index (κ2) is 14.6. The molecule has 1 heterocycles. The first-order valence-electron chi connectivity index (χ1n) is 14.6. The Hall–Kier alpha value is -2.70. The Bertz CT molecular complexity index is 1120. The summed E-state index contributed by atoms with van der Waals surface area (Å²) in [7, 11) is 1.84. The van der Waals surface area contributed by atoms with E-state index in [0.717, 1.165) is 31.7 Å². The van der Waals surface area contributed by atoms with Crippen molar-refractivity contribution in [3.8, 4) is 5.75 Å². The van der Waals surface area contributed by atoms with Crippen molar-refractivity contribution in [1.82, 2.24) is 5.32 Å². The summed E-state index contributed by atoms with van der Waals surface area (Å²) in [6, 6.07) is 27.5. The van der Waals surface area contributed by atoms with Gasteiger partial charge in [-0.2, -0.15) is 0 Å². The van der Waals surface area contributed by atoms with Gasteiger partial charge in [-0.1, -0.05) is 73.2 Å². The monoisotopic (exact) mass is 529 g/mol. The van der Waals surface area contributed by atoms with Gasteiger partial charge < -0.3 is 24.3 Å². The number of methoxy groups -OCH3 is 1. The maximum Gasteiger partial charge on any atom is 0.119 e. The molecule has 1 aliphatic carbocycles. The van der Waals surface area contributed by atoms with E-state index in [-0.39, 0.29) is 12.2 Å². The Morgan fingerprint density at radius 1 is 0.846 bits per heavy atom. The average Bonchev–Trinajstić information content (AvgIpc) is 2.97. The number of hydrogen-bond donors (Lipinski definition) is 1. The average molecular weight is 530 g/mol. The highest BCUT2D eigenvalue weighted by Crippen LogP contribution is 2.41. The molecule has 0 aromatic heterocycles. The fourth-order valence-corrected chi connectivity index (χ4v) is 5.77. The van der Waals surface area contributed by atoms with Crippen molar-refractivity contribution in [2.24, 2.45) is 5.92 Å². The zero-order chi connectivity index (χ0) is 26.7. The molecule has 5 nitrogen and oxygen atoms in total. The van der Waals surface area contributed by atoms with Gasteiger partial charge in [0.1, 0.15) is 5.75 Å². The molecule has 2 aliphatic rings. The third kappa shape index (κ3) is 7.70. The molecule has 0 bridgehead atoms. The second-order valence-corrected chi connectivity index (χ2v) is 10.8. The SMILES string of the molecule is COC(c1ccccc1COC1CNCCC1c1ccc(OCCCOCc2ccccc2)cc1)C1CCC1. The standard InChI is InChI=1S/C34H43NO4/c1-36-34(28-12-7-13-28)32-14-6-5-11-29(32)25-39-33-23-35-20-19-31(33)27-15-17-30(18-16-27)38-22-8-21-37-24-26-9-3-2-4-10-26/h2-6,9-11,14-18,28,31,33-35H,7-8,12-13,19-25H2,1H3. The van der Waals surface area contributed by atoms with Gasteiger partial charge in [0.05, 0.1) is 38.6 Å². The van der Waals surface area contributed by atoms with Crippen LogP contribution in [-0.4, -0.2) is 39.5 Å². The molecule has 0 amide bonds. The van der Waals surface area contributed by atoms with Gasteiger partial charge in [-0.3, -0.25) is 0 Å². The van der Waals surface area contributed by atoms with E-state index in [0.29, 0.717) is 38.3 Å². The van der Waals surface area contributed by atoms with Crippen molar-refractivity contribution in [3.05, 3.63) is 101 Å². The molecule has 3 aromatic rings. The van der Waals surface area contributed by atoms with Crippen LogP contribution in [0.4, 0.5) is 0 Å². The van der Waals surface area contributed by atoms with E-state index in [1.54, 1.807) is 0 Å². The zero-order valence-electron chi connectivity index (χ0n) is 23.2. The van der Waals surface area contributed by atoms with Crippen LogP contribution < -0.4 is 10.1 Å². The summed E-state index contributed by atoms with van der Waals surface area (Å²) >= 11 is 0. The molecular formula is C34H43NO4. The van der Waals surface area contributed by atoms with Gasteiger partial charge in [-0.05, 0) is 66.1 Å². The summed E-state index contributed by atoms with van der Waals surface area (Å²) in [5.74, 6) is 1.90. The summed E-state index contributed by atoms with van der Waals surface area (Å²) in [6.45, 7) is 4.47. The minimum absolute atomic E-state index is 0.130. The van der Waals surface area contributed by atoms with Crippen LogP contribution in [0.3, 0.4) is 0 Å². The smallest absolute Gasteiger partial charge is 0.119 e. The van der Waals surface area contributed by atoms with Crippen LogP contribution in [0.1, 0.15) is 66.4 Å². The Kier molecular flexibility index (Phi) is 10.4. The molecule has 39 heavy (non-hydrogen) atoms. The first-order chi connectivity index (χ1) is 19.3. The van der Waals surface area contributed by atoms with E-state index < -0.39 is 0 Å². The molecule has 1 saturated carbocycles. The van der Waals surface area contributed by atoms with E-state index in [2.05, 4.69) is 66.0 Å². The number of hydrogen-bond acceptors (Lipinski definition) is 5. The summed E-state index contributed by atoms with van der Waals surface area (Å²) in [4.78, 5) is 0. The molecular weight excluding hydrogens is 486 g/mol. The van der Waals surface area contributed by atoms with E-state index >= 15 is 0 Å². The highest BCUT2D eigenvalue weighted by Gasteiger charge is 2.31. The summed E-state index contributed by atoms with van der Waals surface area (Å²) in [5.41, 5.74) is 5.05. The highest BCUT2D eigenvalue weighted by atomic mass is 16.5. The topological polar surface area (TPSA) is 49.0 Å². The number of benzene rings is 3. The third-order valence-electron chi connectivity index (χ3n) is 8.19. The summed E-state index contributed by atoms with van der Waals surface area (Å²) in [6.07, 6.45) is 6.05. The Balaban J connectivity index is 1.11. The first-order valence-corrected chi connectivity index (χ1v) is 14.6. The summed E-state index contributed by atoms with van der Waals surface area (Å²) < 4.78 is 24.3. The fraction of sp³-hybridized carbons (Fsp3) is 0.471.